The topological polar surface area (TPSA) is 98.9 Å². The molecule has 29 heavy (non-hydrogen) atoms. The number of pyridine rings is 1. The molecule has 1 aliphatic heterocycles. The van der Waals surface area contributed by atoms with Gasteiger partial charge in [0.2, 0.25) is 5.91 Å². The van der Waals surface area contributed by atoms with Crippen molar-refractivity contribution in [3.8, 4) is 11.3 Å². The van der Waals surface area contributed by atoms with Crippen molar-refractivity contribution in [1.29, 1.82) is 0 Å². The molecule has 150 valence electrons. The lowest BCUT2D eigenvalue weighted by Crippen LogP contribution is -2.42. The van der Waals surface area contributed by atoms with Gasteiger partial charge in [-0.15, -0.1) is 0 Å². The highest BCUT2D eigenvalue weighted by molar-refractivity contribution is 6.00. The van der Waals surface area contributed by atoms with Crippen LogP contribution in [0.15, 0.2) is 24.9 Å². The van der Waals surface area contributed by atoms with E-state index in [2.05, 4.69) is 38.6 Å². The zero-order valence-corrected chi connectivity index (χ0v) is 16.3. The van der Waals surface area contributed by atoms with Crippen molar-refractivity contribution in [2.24, 2.45) is 0 Å². The summed E-state index contributed by atoms with van der Waals surface area (Å²) < 4.78 is 0. The first-order valence-electron chi connectivity index (χ1n) is 10.3. The Hall–Kier alpha value is -3.09. The van der Waals surface area contributed by atoms with E-state index in [1.54, 1.807) is 0 Å². The first-order chi connectivity index (χ1) is 14.1. The summed E-state index contributed by atoms with van der Waals surface area (Å²) in [5.74, 6) is 0.701. The van der Waals surface area contributed by atoms with Crippen LogP contribution in [-0.4, -0.2) is 40.4 Å². The van der Waals surface area contributed by atoms with Gasteiger partial charge in [0.15, 0.2) is 0 Å². The van der Waals surface area contributed by atoms with Crippen molar-refractivity contribution in [1.82, 2.24) is 20.6 Å². The fourth-order valence-electron chi connectivity index (χ4n) is 4.92. The molecule has 2 aromatic heterocycles. The fourth-order valence-corrected chi connectivity index (χ4v) is 4.92. The van der Waals surface area contributed by atoms with E-state index in [4.69, 9.17) is 0 Å². The Morgan fingerprint density at radius 1 is 1.24 bits per heavy atom. The summed E-state index contributed by atoms with van der Waals surface area (Å²) in [7, 11) is 0. The largest absolute Gasteiger partial charge is 0.365 e. The van der Waals surface area contributed by atoms with Crippen LogP contribution in [-0.2, 0) is 24.1 Å². The highest BCUT2D eigenvalue weighted by Gasteiger charge is 2.31. The van der Waals surface area contributed by atoms with Crippen LogP contribution in [0, 0.1) is 0 Å². The summed E-state index contributed by atoms with van der Waals surface area (Å²) in [6.45, 7) is 4.22. The van der Waals surface area contributed by atoms with Crippen molar-refractivity contribution in [3.05, 3.63) is 47.3 Å². The molecule has 1 saturated carbocycles. The number of aromatic amines is 1. The monoisotopic (exact) mass is 391 g/mol. The number of carbonyl (C=O) groups is 2. The molecule has 0 spiro atoms. The summed E-state index contributed by atoms with van der Waals surface area (Å²) in [5.41, 5.74) is 6.38. The first-order valence-corrected chi connectivity index (χ1v) is 10.3. The number of H-pyrrole nitrogens is 1. The summed E-state index contributed by atoms with van der Waals surface area (Å²) in [6, 6.07) is 2.31. The third-order valence-corrected chi connectivity index (χ3v) is 6.33. The Balaban J connectivity index is 1.44. The SMILES string of the molecule is C=CC(=O)NC1CCCC1Nc1cc2c(cn1)CCc1c-2[nH]c2c1C(=O)NCC2. The molecule has 5 rings (SSSR count). The van der Waals surface area contributed by atoms with Crippen LogP contribution in [0.1, 0.15) is 46.4 Å². The van der Waals surface area contributed by atoms with E-state index in [0.29, 0.717) is 6.54 Å². The van der Waals surface area contributed by atoms with Gasteiger partial charge in [0.25, 0.3) is 5.91 Å². The van der Waals surface area contributed by atoms with Gasteiger partial charge in [-0.1, -0.05) is 6.58 Å². The molecule has 3 heterocycles. The number of nitrogens with zero attached hydrogens (tertiary/aromatic N) is 1. The molecule has 0 bridgehead atoms. The number of anilines is 1. The Kier molecular flexibility index (Phi) is 4.38. The summed E-state index contributed by atoms with van der Waals surface area (Å²) >= 11 is 0. The molecule has 0 radical (unpaired) electrons. The second kappa shape index (κ2) is 7.06. The van der Waals surface area contributed by atoms with Gasteiger partial charge in [-0.2, -0.15) is 0 Å². The number of amides is 2. The van der Waals surface area contributed by atoms with Gasteiger partial charge in [0.05, 0.1) is 11.3 Å². The third kappa shape index (κ3) is 3.10. The highest BCUT2D eigenvalue weighted by Crippen LogP contribution is 2.38. The lowest BCUT2D eigenvalue weighted by Gasteiger charge is -2.23. The molecule has 2 aromatic rings. The highest BCUT2D eigenvalue weighted by atomic mass is 16.2. The maximum absolute atomic E-state index is 12.4. The predicted molar refractivity (Wildman–Crippen MR) is 111 cm³/mol. The van der Waals surface area contributed by atoms with Crippen molar-refractivity contribution in [2.45, 2.75) is 50.6 Å². The first kappa shape index (κ1) is 18.0. The van der Waals surface area contributed by atoms with Gasteiger partial charge in [-0.3, -0.25) is 9.59 Å². The molecule has 2 unspecified atom stereocenters. The molecule has 4 N–H and O–H groups in total. The van der Waals surface area contributed by atoms with Crippen molar-refractivity contribution in [2.75, 3.05) is 11.9 Å². The van der Waals surface area contributed by atoms with Crippen LogP contribution in [0.4, 0.5) is 5.82 Å². The maximum atomic E-state index is 12.4. The molecule has 3 aliphatic rings. The molecular weight excluding hydrogens is 366 g/mol. The van der Waals surface area contributed by atoms with Crippen LogP contribution >= 0.6 is 0 Å². The molecule has 0 saturated heterocycles. The minimum absolute atomic E-state index is 0.0337. The number of carbonyl (C=O) groups excluding carboxylic acids is 2. The lowest BCUT2D eigenvalue weighted by molar-refractivity contribution is -0.117. The van der Waals surface area contributed by atoms with Crippen molar-refractivity contribution in [3.63, 3.8) is 0 Å². The summed E-state index contributed by atoms with van der Waals surface area (Å²) in [4.78, 5) is 32.2. The third-order valence-electron chi connectivity index (χ3n) is 6.33. The molecule has 7 nitrogen and oxygen atoms in total. The van der Waals surface area contributed by atoms with Crippen LogP contribution < -0.4 is 16.0 Å². The number of fused-ring (bicyclic) bond motifs is 5. The van der Waals surface area contributed by atoms with Gasteiger partial charge >= 0.3 is 0 Å². The molecule has 2 atom stereocenters. The molecule has 0 aromatic carbocycles. The van der Waals surface area contributed by atoms with E-state index >= 15 is 0 Å². The molecule has 1 fully saturated rings. The van der Waals surface area contributed by atoms with Gasteiger partial charge in [0.1, 0.15) is 5.82 Å². The van der Waals surface area contributed by atoms with Crippen LogP contribution in [0.5, 0.6) is 0 Å². The Bertz CT molecular complexity index is 1010. The van der Waals surface area contributed by atoms with E-state index in [1.807, 2.05) is 6.20 Å². The molecule has 2 aliphatic carbocycles. The number of hydrogen-bond donors (Lipinski definition) is 4. The Morgan fingerprint density at radius 3 is 2.97 bits per heavy atom. The summed E-state index contributed by atoms with van der Waals surface area (Å²) in [6.07, 6.45) is 8.83. The average molecular weight is 391 g/mol. The van der Waals surface area contributed by atoms with Crippen molar-refractivity contribution >= 4 is 17.6 Å². The van der Waals surface area contributed by atoms with E-state index in [1.165, 1.54) is 11.6 Å². The average Bonchev–Trinajstić information content (AvgIpc) is 3.32. The quantitative estimate of drug-likeness (QED) is 0.600. The van der Waals surface area contributed by atoms with Crippen LogP contribution in [0.3, 0.4) is 0 Å². The second-order valence-corrected chi connectivity index (χ2v) is 8.07. The zero-order chi connectivity index (χ0) is 20.0. The molecule has 7 heteroatoms. The smallest absolute Gasteiger partial charge is 0.253 e. The van der Waals surface area contributed by atoms with E-state index in [-0.39, 0.29) is 23.9 Å². The Labute approximate surface area is 169 Å². The fraction of sp³-hybridized carbons (Fsp3) is 0.409. The second-order valence-electron chi connectivity index (χ2n) is 8.07. The zero-order valence-electron chi connectivity index (χ0n) is 16.3. The van der Waals surface area contributed by atoms with E-state index in [0.717, 1.165) is 72.4 Å². The minimum Gasteiger partial charge on any atom is -0.365 e. The van der Waals surface area contributed by atoms with Crippen molar-refractivity contribution < 1.29 is 9.59 Å². The number of hydrogen-bond acceptors (Lipinski definition) is 4. The molecule has 2 amide bonds. The number of rotatable bonds is 4. The Morgan fingerprint density at radius 2 is 2.10 bits per heavy atom. The van der Waals surface area contributed by atoms with Crippen LogP contribution in [0.25, 0.3) is 11.3 Å². The van der Waals surface area contributed by atoms with Gasteiger partial charge < -0.3 is 20.9 Å². The van der Waals surface area contributed by atoms with Gasteiger partial charge in [-0.25, -0.2) is 4.98 Å². The number of aromatic nitrogens is 2. The predicted octanol–water partition coefficient (Wildman–Crippen LogP) is 2.10. The maximum Gasteiger partial charge on any atom is 0.253 e. The normalized spacial score (nSPS) is 22.1. The van der Waals surface area contributed by atoms with Gasteiger partial charge in [0, 0.05) is 42.5 Å². The van der Waals surface area contributed by atoms with Crippen LogP contribution in [0.2, 0.25) is 0 Å². The van der Waals surface area contributed by atoms with Gasteiger partial charge in [-0.05, 0) is 55.4 Å². The van der Waals surface area contributed by atoms with E-state index < -0.39 is 0 Å². The number of nitrogens with one attached hydrogen (secondary N) is 4. The summed E-state index contributed by atoms with van der Waals surface area (Å²) in [5, 5.41) is 9.49. The lowest BCUT2D eigenvalue weighted by atomic mass is 9.88. The van der Waals surface area contributed by atoms with E-state index in [9.17, 15) is 9.59 Å². The number of aryl methyl sites for hydroxylation is 1. The molecular formula is C22H25N5O2. The minimum atomic E-state index is -0.137. The standard InChI is InChI=1S/C22H25N5O2/c1-2-19(28)26-16-5-3-4-15(16)25-18-10-14-12(11-24-18)6-7-13-20-17(27-21(13)14)8-9-23-22(20)29/h2,10-11,15-16,27H,1,3-9H2,(H,23,29)(H,24,25)(H,26,28).